The second kappa shape index (κ2) is 7.62. The smallest absolute Gasteiger partial charge is 0.303 e. The first-order chi connectivity index (χ1) is 10.2. The largest absolute Gasteiger partial charge is 0.481 e. The van der Waals surface area contributed by atoms with Gasteiger partial charge in [-0.3, -0.25) is 4.79 Å². The number of carboxylic acid groups (broad SMARTS) is 1. The Morgan fingerprint density at radius 1 is 1.29 bits per heavy atom. The molecule has 0 amide bonds. The Labute approximate surface area is 125 Å². The van der Waals surface area contributed by atoms with Gasteiger partial charge >= 0.3 is 5.97 Å². The lowest BCUT2D eigenvalue weighted by Gasteiger charge is -2.04. The average Bonchev–Trinajstić information content (AvgIpc) is 2.83. The van der Waals surface area contributed by atoms with Crippen LogP contribution in [0.25, 0.3) is 0 Å². The predicted molar refractivity (Wildman–Crippen MR) is 81.0 cm³/mol. The highest BCUT2D eigenvalue weighted by Crippen LogP contribution is 2.05. The van der Waals surface area contributed by atoms with E-state index in [1.54, 1.807) is 0 Å². The van der Waals surface area contributed by atoms with Crippen LogP contribution < -0.4 is 4.57 Å². The second-order valence-corrected chi connectivity index (χ2v) is 5.27. The molecule has 1 aromatic heterocycles. The summed E-state index contributed by atoms with van der Waals surface area (Å²) in [4.78, 5) is 10.6. The molecule has 1 N–H and O–H groups in total. The summed E-state index contributed by atoms with van der Waals surface area (Å²) in [7, 11) is 0. The maximum atomic E-state index is 10.6. The molecule has 0 aliphatic heterocycles. The summed E-state index contributed by atoms with van der Waals surface area (Å²) in [5.74, 6) is 0.545. The molecule has 0 aliphatic carbocycles. The first-order valence-electron chi connectivity index (χ1n) is 7.54. The highest BCUT2D eigenvalue weighted by Gasteiger charge is 2.16. The molecule has 0 radical (unpaired) electrons. The Kier molecular flexibility index (Phi) is 5.55. The molecule has 0 aliphatic rings. The van der Waals surface area contributed by atoms with Crippen molar-refractivity contribution in [3.8, 4) is 0 Å². The molecule has 0 saturated carbocycles. The van der Waals surface area contributed by atoms with Crippen LogP contribution in [0, 0.1) is 0 Å². The summed E-state index contributed by atoms with van der Waals surface area (Å²) in [6.45, 7) is 3.80. The van der Waals surface area contributed by atoms with Crippen LogP contribution in [-0.4, -0.2) is 15.6 Å². The van der Waals surface area contributed by atoms with E-state index in [2.05, 4.69) is 52.7 Å². The van der Waals surface area contributed by atoms with Gasteiger partial charge in [0.2, 0.25) is 0 Å². The van der Waals surface area contributed by atoms with Crippen LogP contribution in [0.1, 0.15) is 37.6 Å². The maximum absolute atomic E-state index is 10.6. The number of carbonyl (C=O) groups is 1. The van der Waals surface area contributed by atoms with Crippen molar-refractivity contribution < 1.29 is 14.5 Å². The van der Waals surface area contributed by atoms with Gasteiger partial charge in [0.25, 0.3) is 5.82 Å². The standard InChI is InChI=1S/C17H22N2O2/c1-2-7-16-18(11-6-10-17(20)21)12-13-19(16)14-15-8-4-3-5-9-15/h3-5,8-9,12-13H,2,6-7,10-11,14H2,1H3/p+1. The number of benzene rings is 1. The third kappa shape index (κ3) is 4.45. The Bertz CT molecular complexity index is 576. The molecule has 0 fully saturated rings. The summed E-state index contributed by atoms with van der Waals surface area (Å²) >= 11 is 0. The van der Waals surface area contributed by atoms with Gasteiger partial charge in [0.05, 0.1) is 6.54 Å². The summed E-state index contributed by atoms with van der Waals surface area (Å²) in [6.07, 6.45) is 7.15. The molecule has 1 aromatic carbocycles. The van der Waals surface area contributed by atoms with Crippen molar-refractivity contribution in [2.75, 3.05) is 0 Å². The first kappa shape index (κ1) is 15.3. The molecule has 2 rings (SSSR count). The van der Waals surface area contributed by atoms with Crippen molar-refractivity contribution >= 4 is 5.97 Å². The average molecular weight is 287 g/mol. The van der Waals surface area contributed by atoms with Crippen LogP contribution in [-0.2, 0) is 24.3 Å². The van der Waals surface area contributed by atoms with Gasteiger partial charge < -0.3 is 5.11 Å². The van der Waals surface area contributed by atoms with E-state index in [1.807, 2.05) is 6.07 Å². The fourth-order valence-corrected chi connectivity index (χ4v) is 2.54. The van der Waals surface area contributed by atoms with Gasteiger partial charge in [-0.25, -0.2) is 9.13 Å². The van der Waals surface area contributed by atoms with Crippen molar-refractivity contribution in [3.63, 3.8) is 0 Å². The lowest BCUT2D eigenvalue weighted by atomic mass is 10.2. The zero-order chi connectivity index (χ0) is 15.1. The first-order valence-corrected chi connectivity index (χ1v) is 7.54. The number of hydrogen-bond acceptors (Lipinski definition) is 1. The number of carboxylic acids is 1. The molecule has 0 unspecified atom stereocenters. The number of aromatic nitrogens is 2. The fourth-order valence-electron chi connectivity index (χ4n) is 2.54. The molecule has 0 saturated heterocycles. The van der Waals surface area contributed by atoms with Crippen molar-refractivity contribution in [2.24, 2.45) is 0 Å². The highest BCUT2D eigenvalue weighted by molar-refractivity contribution is 5.66. The Morgan fingerprint density at radius 3 is 2.71 bits per heavy atom. The van der Waals surface area contributed by atoms with Crippen molar-refractivity contribution in [1.82, 2.24) is 4.57 Å². The third-order valence-electron chi connectivity index (χ3n) is 3.55. The van der Waals surface area contributed by atoms with E-state index in [9.17, 15) is 4.79 Å². The van der Waals surface area contributed by atoms with E-state index in [4.69, 9.17) is 5.11 Å². The van der Waals surface area contributed by atoms with Crippen molar-refractivity contribution in [1.29, 1.82) is 0 Å². The van der Waals surface area contributed by atoms with Crippen LogP contribution in [0.2, 0.25) is 0 Å². The monoisotopic (exact) mass is 287 g/mol. The molecule has 2 aromatic rings. The SMILES string of the molecule is CCCc1n(CCCC(=O)O)cc[n+]1Cc1ccccc1. The number of hydrogen-bond donors (Lipinski definition) is 1. The number of rotatable bonds is 8. The minimum absolute atomic E-state index is 0.225. The zero-order valence-electron chi connectivity index (χ0n) is 12.5. The highest BCUT2D eigenvalue weighted by atomic mass is 16.4. The minimum Gasteiger partial charge on any atom is -0.481 e. The van der Waals surface area contributed by atoms with Crippen molar-refractivity contribution in [3.05, 3.63) is 54.1 Å². The van der Waals surface area contributed by atoms with Gasteiger partial charge in [0.1, 0.15) is 18.9 Å². The number of aryl methyl sites for hydroxylation is 1. The van der Waals surface area contributed by atoms with Gasteiger partial charge in [-0.05, 0) is 18.4 Å². The van der Waals surface area contributed by atoms with E-state index in [0.717, 1.165) is 25.9 Å². The normalized spacial score (nSPS) is 10.7. The molecule has 0 bridgehead atoms. The molecule has 0 spiro atoms. The van der Waals surface area contributed by atoms with E-state index in [-0.39, 0.29) is 6.42 Å². The molecule has 4 heteroatoms. The van der Waals surface area contributed by atoms with Gasteiger partial charge in [-0.1, -0.05) is 37.3 Å². The number of nitrogens with zero attached hydrogens (tertiary/aromatic N) is 2. The van der Waals surface area contributed by atoms with Crippen LogP contribution in [0.5, 0.6) is 0 Å². The topological polar surface area (TPSA) is 46.1 Å². The van der Waals surface area contributed by atoms with Crippen molar-refractivity contribution in [2.45, 2.75) is 45.7 Å². The van der Waals surface area contributed by atoms with Gasteiger partial charge in [-0.15, -0.1) is 0 Å². The zero-order valence-corrected chi connectivity index (χ0v) is 12.5. The lowest BCUT2D eigenvalue weighted by molar-refractivity contribution is -0.695. The number of imidazole rings is 1. The summed E-state index contributed by atoms with van der Waals surface area (Å²) < 4.78 is 4.45. The molecule has 0 atom stereocenters. The van der Waals surface area contributed by atoms with Crippen LogP contribution in [0.4, 0.5) is 0 Å². The molecule has 1 heterocycles. The van der Waals surface area contributed by atoms with Gasteiger partial charge in [0, 0.05) is 12.8 Å². The lowest BCUT2D eigenvalue weighted by Crippen LogP contribution is -2.37. The van der Waals surface area contributed by atoms with Crippen LogP contribution >= 0.6 is 0 Å². The van der Waals surface area contributed by atoms with Gasteiger partial charge in [0.15, 0.2) is 0 Å². The molecular formula is C17H23N2O2+. The van der Waals surface area contributed by atoms with Gasteiger partial charge in [-0.2, -0.15) is 0 Å². The van der Waals surface area contributed by atoms with E-state index < -0.39 is 5.97 Å². The van der Waals surface area contributed by atoms with E-state index >= 15 is 0 Å². The van der Waals surface area contributed by atoms with Crippen LogP contribution in [0.3, 0.4) is 0 Å². The molecular weight excluding hydrogens is 264 g/mol. The maximum Gasteiger partial charge on any atom is 0.303 e. The Morgan fingerprint density at radius 2 is 2.05 bits per heavy atom. The summed E-state index contributed by atoms with van der Waals surface area (Å²) in [6, 6.07) is 10.4. The number of aliphatic carboxylic acids is 1. The van der Waals surface area contributed by atoms with Crippen LogP contribution in [0.15, 0.2) is 42.7 Å². The Hall–Kier alpha value is -2.10. The van der Waals surface area contributed by atoms with E-state index in [0.29, 0.717) is 6.42 Å². The molecule has 4 nitrogen and oxygen atoms in total. The van der Waals surface area contributed by atoms with E-state index in [1.165, 1.54) is 11.4 Å². The quantitative estimate of drug-likeness (QED) is 0.759. The summed E-state index contributed by atoms with van der Waals surface area (Å²) in [5.41, 5.74) is 1.28. The predicted octanol–water partition coefficient (Wildman–Crippen LogP) is 2.64. The third-order valence-corrected chi connectivity index (χ3v) is 3.55. The minimum atomic E-state index is -0.726. The molecule has 112 valence electrons. The Balaban J connectivity index is 2.10. The second-order valence-electron chi connectivity index (χ2n) is 5.27. The fraction of sp³-hybridized carbons (Fsp3) is 0.412. The molecule has 21 heavy (non-hydrogen) atoms. The summed E-state index contributed by atoms with van der Waals surface area (Å²) in [5, 5.41) is 8.75.